The number of pyridine rings is 1. The van der Waals surface area contributed by atoms with Gasteiger partial charge in [0.25, 0.3) is 0 Å². The summed E-state index contributed by atoms with van der Waals surface area (Å²) in [6.07, 6.45) is 3.90. The fraction of sp³-hybridized carbons (Fsp3) is 0.184. The van der Waals surface area contributed by atoms with Gasteiger partial charge >= 0.3 is 6.09 Å². The zero-order chi connectivity index (χ0) is 37.1. The highest BCUT2D eigenvalue weighted by atomic mass is 35.5. The van der Waals surface area contributed by atoms with Gasteiger partial charge in [0.2, 0.25) is 0 Å². The molecule has 0 radical (unpaired) electrons. The van der Waals surface area contributed by atoms with Gasteiger partial charge in [-0.2, -0.15) is 5.26 Å². The molecular weight excluding hydrogens is 728 g/mol. The average molecular weight is 758 g/mol. The summed E-state index contributed by atoms with van der Waals surface area (Å²) in [6, 6.07) is 21.6. The van der Waals surface area contributed by atoms with E-state index in [0.717, 1.165) is 17.7 Å². The summed E-state index contributed by atoms with van der Waals surface area (Å²) < 4.78 is 49.8. The Morgan fingerprint density at radius 3 is 2.43 bits per heavy atom. The molecule has 3 heterocycles. The SMILES string of the molecule is N#Cc1cnc2c(Cl)cc(NC(c3ccc(F)c(F)c3)c3cn(C4CCN(C(=O)OCc5ccccc5)CC4)nn3)cc2c1Nc1ccc(F)c(Cl)c1. The first-order valence-electron chi connectivity index (χ1n) is 16.5. The number of rotatable bonds is 9. The van der Waals surface area contributed by atoms with Crippen LogP contribution >= 0.6 is 23.2 Å². The number of halogens is 5. The lowest BCUT2D eigenvalue weighted by Gasteiger charge is -2.31. The van der Waals surface area contributed by atoms with Crippen molar-refractivity contribution in [2.75, 3.05) is 23.7 Å². The highest BCUT2D eigenvalue weighted by Gasteiger charge is 2.28. The summed E-state index contributed by atoms with van der Waals surface area (Å²) in [6.45, 7) is 1.09. The Hall–Kier alpha value is -5.84. The summed E-state index contributed by atoms with van der Waals surface area (Å²) in [7, 11) is 0. The van der Waals surface area contributed by atoms with E-state index in [9.17, 15) is 23.2 Å². The Morgan fingerprint density at radius 2 is 1.70 bits per heavy atom. The molecule has 15 heteroatoms. The molecule has 2 aromatic heterocycles. The van der Waals surface area contributed by atoms with Gasteiger partial charge in [0.15, 0.2) is 11.6 Å². The second kappa shape index (κ2) is 15.4. The van der Waals surface area contributed by atoms with Gasteiger partial charge in [-0.15, -0.1) is 5.10 Å². The van der Waals surface area contributed by atoms with Gasteiger partial charge in [0.1, 0.15) is 24.2 Å². The standard InChI is InChI=1S/C38H29Cl2F3N8O2/c39-29-16-25(7-9-31(29)41)46-35-24(18-44)19-45-37-28(35)15-26(17-30(37)40)47-36(23-6-8-32(42)33(43)14-23)34-20-51(49-48-34)27-10-12-50(13-11-27)38(52)53-21-22-4-2-1-3-5-22/h1-9,14-17,19-20,27,36,47H,10-13,21H2,(H,45,46). The van der Waals surface area contributed by atoms with Crippen LogP contribution in [0.3, 0.4) is 0 Å². The maximum Gasteiger partial charge on any atom is 0.410 e. The molecule has 0 aliphatic carbocycles. The molecule has 1 amide bonds. The summed E-state index contributed by atoms with van der Waals surface area (Å²) in [5.41, 5.74) is 3.41. The van der Waals surface area contributed by atoms with Crippen LogP contribution in [0.4, 0.5) is 35.0 Å². The van der Waals surface area contributed by atoms with Gasteiger partial charge in [0, 0.05) is 36.0 Å². The third kappa shape index (κ3) is 7.84. The first-order valence-corrected chi connectivity index (χ1v) is 17.3. The van der Waals surface area contributed by atoms with Gasteiger partial charge in [0.05, 0.1) is 45.1 Å². The number of nitrogens with zero attached hydrogens (tertiary/aromatic N) is 6. The van der Waals surface area contributed by atoms with Crippen molar-refractivity contribution in [1.82, 2.24) is 24.9 Å². The first-order chi connectivity index (χ1) is 25.7. The molecule has 53 heavy (non-hydrogen) atoms. The van der Waals surface area contributed by atoms with Gasteiger partial charge in [-0.05, 0) is 66.4 Å². The van der Waals surface area contributed by atoms with Crippen LogP contribution in [-0.2, 0) is 11.3 Å². The van der Waals surface area contributed by atoms with E-state index in [4.69, 9.17) is 27.9 Å². The zero-order valence-corrected chi connectivity index (χ0v) is 29.3. The number of aromatic nitrogens is 4. The molecule has 268 valence electrons. The van der Waals surface area contributed by atoms with Crippen LogP contribution in [0.15, 0.2) is 91.3 Å². The topological polar surface area (TPSA) is 121 Å². The second-order valence-corrected chi connectivity index (χ2v) is 13.2. The normalized spacial score (nSPS) is 13.8. The quantitative estimate of drug-likeness (QED) is 0.150. The van der Waals surface area contributed by atoms with E-state index in [1.54, 1.807) is 27.9 Å². The lowest BCUT2D eigenvalue weighted by Crippen LogP contribution is -2.39. The molecule has 1 aliphatic rings. The molecule has 10 nitrogen and oxygen atoms in total. The summed E-state index contributed by atoms with van der Waals surface area (Å²) in [5.74, 6) is -2.65. The van der Waals surface area contributed by atoms with Gasteiger partial charge in [-0.3, -0.25) is 4.98 Å². The number of piperidine rings is 1. The van der Waals surface area contributed by atoms with E-state index >= 15 is 0 Å². The van der Waals surface area contributed by atoms with Crippen LogP contribution < -0.4 is 10.6 Å². The third-order valence-electron chi connectivity index (χ3n) is 8.95. The maximum atomic E-state index is 14.6. The monoisotopic (exact) mass is 756 g/mol. The van der Waals surface area contributed by atoms with E-state index in [0.29, 0.717) is 65.2 Å². The highest BCUT2D eigenvalue weighted by Crippen LogP contribution is 2.37. The number of benzene rings is 4. The average Bonchev–Trinajstić information content (AvgIpc) is 3.66. The van der Waals surface area contributed by atoms with Crippen molar-refractivity contribution in [3.63, 3.8) is 0 Å². The second-order valence-electron chi connectivity index (χ2n) is 12.4. The van der Waals surface area contributed by atoms with Crippen molar-refractivity contribution in [3.05, 3.63) is 141 Å². The molecule has 6 aromatic rings. The number of amides is 1. The van der Waals surface area contributed by atoms with Crippen molar-refractivity contribution in [1.29, 1.82) is 5.26 Å². The van der Waals surface area contributed by atoms with Crippen molar-refractivity contribution in [3.8, 4) is 6.07 Å². The van der Waals surface area contributed by atoms with Crippen LogP contribution in [0.25, 0.3) is 10.9 Å². The molecule has 0 spiro atoms. The Balaban J connectivity index is 1.15. The number of fused-ring (bicyclic) bond motifs is 1. The molecule has 0 saturated carbocycles. The van der Waals surface area contributed by atoms with Crippen LogP contribution in [0.1, 0.15) is 47.3 Å². The molecule has 4 aromatic carbocycles. The van der Waals surface area contributed by atoms with Gasteiger partial charge < -0.3 is 20.3 Å². The minimum atomic E-state index is -1.04. The lowest BCUT2D eigenvalue weighted by atomic mass is 10.0. The van der Waals surface area contributed by atoms with Crippen molar-refractivity contribution < 1.29 is 22.7 Å². The van der Waals surface area contributed by atoms with Crippen molar-refractivity contribution in [2.24, 2.45) is 0 Å². The Kier molecular flexibility index (Phi) is 10.3. The molecule has 1 unspecified atom stereocenters. The fourth-order valence-corrected chi connectivity index (χ4v) is 6.64. The molecule has 2 N–H and O–H groups in total. The smallest absolute Gasteiger partial charge is 0.410 e. The van der Waals surface area contributed by atoms with E-state index in [1.807, 2.05) is 30.3 Å². The molecule has 1 fully saturated rings. The number of ether oxygens (including phenoxy) is 1. The minimum absolute atomic E-state index is 0.0841. The number of likely N-dealkylation sites (tertiary alicyclic amines) is 1. The van der Waals surface area contributed by atoms with Crippen molar-refractivity contribution in [2.45, 2.75) is 31.5 Å². The molecule has 0 bridgehead atoms. The third-order valence-corrected chi connectivity index (χ3v) is 9.53. The lowest BCUT2D eigenvalue weighted by molar-refractivity contribution is 0.0820. The summed E-state index contributed by atoms with van der Waals surface area (Å²) >= 11 is 12.7. The molecule has 1 saturated heterocycles. The van der Waals surface area contributed by atoms with Crippen LogP contribution in [0, 0.1) is 28.8 Å². The van der Waals surface area contributed by atoms with Crippen LogP contribution in [-0.4, -0.2) is 44.1 Å². The minimum Gasteiger partial charge on any atom is -0.445 e. The first kappa shape index (κ1) is 35.6. The largest absolute Gasteiger partial charge is 0.445 e. The van der Waals surface area contributed by atoms with Crippen molar-refractivity contribution >= 4 is 57.3 Å². The van der Waals surface area contributed by atoms with E-state index in [1.165, 1.54) is 30.5 Å². The zero-order valence-electron chi connectivity index (χ0n) is 27.7. The maximum absolute atomic E-state index is 14.6. The molecule has 7 rings (SSSR count). The molecular formula is C38H29Cl2F3N8O2. The Morgan fingerprint density at radius 1 is 0.943 bits per heavy atom. The highest BCUT2D eigenvalue weighted by molar-refractivity contribution is 6.36. The fourth-order valence-electron chi connectivity index (χ4n) is 6.19. The number of carbonyl (C=O) groups excluding carboxylic acids is 1. The number of hydrogen-bond acceptors (Lipinski definition) is 8. The number of carbonyl (C=O) groups is 1. The number of hydrogen-bond donors (Lipinski definition) is 2. The van der Waals surface area contributed by atoms with E-state index in [2.05, 4.69) is 32.0 Å². The number of nitriles is 1. The predicted molar refractivity (Wildman–Crippen MR) is 194 cm³/mol. The van der Waals surface area contributed by atoms with Gasteiger partial charge in [-0.25, -0.2) is 22.6 Å². The predicted octanol–water partition coefficient (Wildman–Crippen LogP) is 9.34. The summed E-state index contributed by atoms with van der Waals surface area (Å²) in [5, 5.41) is 25.8. The Bertz CT molecular complexity index is 2350. The molecule has 1 atom stereocenters. The van der Waals surface area contributed by atoms with Crippen LogP contribution in [0.2, 0.25) is 10.0 Å². The van der Waals surface area contributed by atoms with E-state index in [-0.39, 0.29) is 34.4 Å². The molecule has 1 aliphatic heterocycles. The summed E-state index contributed by atoms with van der Waals surface area (Å²) in [4.78, 5) is 18.8. The van der Waals surface area contributed by atoms with Gasteiger partial charge in [-0.1, -0.05) is 64.8 Å². The van der Waals surface area contributed by atoms with E-state index < -0.39 is 23.5 Å². The number of anilines is 3. The Labute approximate surface area is 311 Å². The van der Waals surface area contributed by atoms with Crippen LogP contribution in [0.5, 0.6) is 0 Å². The number of nitrogens with one attached hydrogen (secondary N) is 2.